The fourth-order valence-corrected chi connectivity index (χ4v) is 2.84. The first kappa shape index (κ1) is 12.5. The predicted octanol–water partition coefficient (Wildman–Crippen LogP) is 1.04. The van der Waals surface area contributed by atoms with Crippen LogP contribution in [0.25, 0.3) is 0 Å². The minimum absolute atomic E-state index is 0.737. The van der Waals surface area contributed by atoms with E-state index in [1.807, 2.05) is 12.1 Å². The summed E-state index contributed by atoms with van der Waals surface area (Å²) in [6.07, 6.45) is 1.22. The van der Waals surface area contributed by atoms with Crippen molar-refractivity contribution in [2.75, 3.05) is 44.2 Å². The maximum Gasteiger partial charge on any atom is 0.0991 e. The summed E-state index contributed by atoms with van der Waals surface area (Å²) in [5, 5.41) is 12.2. The summed E-state index contributed by atoms with van der Waals surface area (Å²) < 4.78 is 0. The molecule has 1 aromatic rings. The number of hydrogen-bond acceptors (Lipinski definition) is 4. The molecule has 0 amide bonds. The van der Waals surface area contributed by atoms with Gasteiger partial charge in [-0.25, -0.2) is 0 Å². The van der Waals surface area contributed by atoms with E-state index in [1.54, 1.807) is 0 Å². The topological polar surface area (TPSA) is 42.3 Å². The monoisotopic (exact) mass is 256 g/mol. The van der Waals surface area contributed by atoms with Crippen LogP contribution in [0, 0.1) is 11.3 Å². The lowest BCUT2D eigenvalue weighted by molar-refractivity contribution is 0.155. The number of nitrogens with one attached hydrogen (secondary N) is 1. The largest absolute Gasteiger partial charge is 0.370 e. The van der Waals surface area contributed by atoms with Gasteiger partial charge in [-0.05, 0) is 30.7 Å². The van der Waals surface area contributed by atoms with E-state index < -0.39 is 0 Å². The summed E-state index contributed by atoms with van der Waals surface area (Å²) in [6.45, 7) is 6.85. The maximum absolute atomic E-state index is 8.84. The Bertz CT molecular complexity index is 458. The first-order valence-corrected chi connectivity index (χ1v) is 7.07. The van der Waals surface area contributed by atoms with E-state index >= 15 is 0 Å². The van der Waals surface area contributed by atoms with Gasteiger partial charge in [0.1, 0.15) is 0 Å². The second kappa shape index (κ2) is 5.60. The Hall–Kier alpha value is -1.57. The molecule has 0 radical (unpaired) electrons. The molecule has 0 bridgehead atoms. The Kier molecular flexibility index (Phi) is 3.67. The number of nitrogens with zero attached hydrogens (tertiary/aromatic N) is 3. The first-order valence-electron chi connectivity index (χ1n) is 7.07. The average Bonchev–Trinajstić information content (AvgIpc) is 2.63. The molecule has 4 heteroatoms. The highest BCUT2D eigenvalue weighted by atomic mass is 15.3. The average molecular weight is 256 g/mol. The molecule has 2 heterocycles. The van der Waals surface area contributed by atoms with Crippen molar-refractivity contribution < 1.29 is 0 Å². The quantitative estimate of drug-likeness (QED) is 0.858. The molecule has 2 fully saturated rings. The molecular formula is C15H20N4. The zero-order valence-corrected chi connectivity index (χ0v) is 11.2. The minimum Gasteiger partial charge on any atom is -0.370 e. The van der Waals surface area contributed by atoms with Crippen molar-refractivity contribution in [2.24, 2.45) is 0 Å². The molecule has 0 spiro atoms. The summed E-state index contributed by atoms with van der Waals surface area (Å²) in [5.74, 6) is 0. The lowest BCUT2D eigenvalue weighted by atomic mass is 10.1. The molecule has 0 aliphatic carbocycles. The van der Waals surface area contributed by atoms with Crippen LogP contribution < -0.4 is 10.2 Å². The molecule has 1 aromatic carbocycles. The molecule has 2 saturated heterocycles. The molecule has 3 rings (SSSR count). The Balaban J connectivity index is 1.63. The van der Waals surface area contributed by atoms with Crippen molar-refractivity contribution >= 4 is 5.69 Å². The summed E-state index contributed by atoms with van der Waals surface area (Å²) in [5.41, 5.74) is 1.98. The van der Waals surface area contributed by atoms with Crippen molar-refractivity contribution in [3.05, 3.63) is 29.8 Å². The van der Waals surface area contributed by atoms with Gasteiger partial charge in [0.2, 0.25) is 0 Å². The molecule has 0 atom stereocenters. The summed E-state index contributed by atoms with van der Waals surface area (Å²) in [6, 6.07) is 10.9. The van der Waals surface area contributed by atoms with Crippen LogP contribution in [-0.2, 0) is 0 Å². The molecule has 0 unspecified atom stereocenters. The van der Waals surface area contributed by atoms with Gasteiger partial charge < -0.3 is 10.2 Å². The fraction of sp³-hybridized carbons (Fsp3) is 0.533. The molecule has 100 valence electrons. The molecule has 0 aromatic heterocycles. The Morgan fingerprint density at radius 1 is 1.05 bits per heavy atom. The number of anilines is 1. The van der Waals surface area contributed by atoms with Gasteiger partial charge in [0.05, 0.1) is 11.6 Å². The first-order chi connectivity index (χ1) is 9.36. The second-order valence-electron chi connectivity index (χ2n) is 5.35. The molecular weight excluding hydrogens is 236 g/mol. The zero-order valence-electron chi connectivity index (χ0n) is 11.2. The van der Waals surface area contributed by atoms with E-state index in [0.29, 0.717) is 0 Å². The predicted molar refractivity (Wildman–Crippen MR) is 76.2 cm³/mol. The normalized spacial score (nSPS) is 21.5. The maximum atomic E-state index is 8.84. The second-order valence-corrected chi connectivity index (χ2v) is 5.35. The molecule has 2 aliphatic heterocycles. The SMILES string of the molecule is N#Cc1ccc(N2CCCN(C3CNC3)CC2)cc1. The lowest BCUT2D eigenvalue weighted by Gasteiger charge is -2.37. The number of nitriles is 1. The van der Waals surface area contributed by atoms with E-state index in [0.717, 1.165) is 44.3 Å². The Labute approximate surface area is 114 Å². The van der Waals surface area contributed by atoms with Crippen LogP contribution in [0.3, 0.4) is 0 Å². The molecule has 19 heavy (non-hydrogen) atoms. The van der Waals surface area contributed by atoms with Crippen LogP contribution in [0.5, 0.6) is 0 Å². The van der Waals surface area contributed by atoms with Gasteiger partial charge in [-0.1, -0.05) is 0 Å². The smallest absolute Gasteiger partial charge is 0.0991 e. The van der Waals surface area contributed by atoms with Crippen LogP contribution in [0.2, 0.25) is 0 Å². The van der Waals surface area contributed by atoms with Crippen molar-refractivity contribution in [3.63, 3.8) is 0 Å². The number of benzene rings is 1. The number of rotatable bonds is 2. The molecule has 2 aliphatic rings. The van der Waals surface area contributed by atoms with Crippen molar-refractivity contribution in [1.29, 1.82) is 5.26 Å². The highest BCUT2D eigenvalue weighted by molar-refractivity contribution is 5.49. The van der Waals surface area contributed by atoms with Crippen LogP contribution in [0.4, 0.5) is 5.69 Å². The third kappa shape index (κ3) is 2.73. The third-order valence-corrected chi connectivity index (χ3v) is 4.17. The molecule has 0 saturated carbocycles. The molecule has 4 nitrogen and oxygen atoms in total. The zero-order chi connectivity index (χ0) is 13.1. The van der Waals surface area contributed by atoms with Crippen LogP contribution >= 0.6 is 0 Å². The van der Waals surface area contributed by atoms with Gasteiger partial charge in [0, 0.05) is 51.0 Å². The van der Waals surface area contributed by atoms with Gasteiger partial charge in [-0.2, -0.15) is 5.26 Å². The van der Waals surface area contributed by atoms with Gasteiger partial charge >= 0.3 is 0 Å². The van der Waals surface area contributed by atoms with Gasteiger partial charge in [-0.3, -0.25) is 4.90 Å². The third-order valence-electron chi connectivity index (χ3n) is 4.17. The highest BCUT2D eigenvalue weighted by Gasteiger charge is 2.26. The van der Waals surface area contributed by atoms with Crippen molar-refractivity contribution in [2.45, 2.75) is 12.5 Å². The number of hydrogen-bond donors (Lipinski definition) is 1. The lowest BCUT2D eigenvalue weighted by Crippen LogP contribution is -2.57. The molecule has 1 N–H and O–H groups in total. The summed E-state index contributed by atoms with van der Waals surface area (Å²) in [7, 11) is 0. The fourth-order valence-electron chi connectivity index (χ4n) is 2.84. The van der Waals surface area contributed by atoms with Gasteiger partial charge in [0.15, 0.2) is 0 Å². The summed E-state index contributed by atoms with van der Waals surface area (Å²) in [4.78, 5) is 5.05. The Morgan fingerprint density at radius 3 is 2.47 bits per heavy atom. The van der Waals surface area contributed by atoms with E-state index in [2.05, 4.69) is 33.3 Å². The van der Waals surface area contributed by atoms with Crippen LogP contribution in [0.15, 0.2) is 24.3 Å². The highest BCUT2D eigenvalue weighted by Crippen LogP contribution is 2.18. The van der Waals surface area contributed by atoms with E-state index in [4.69, 9.17) is 5.26 Å². The van der Waals surface area contributed by atoms with E-state index in [1.165, 1.54) is 18.7 Å². The standard InChI is InChI=1S/C15H20N4/c16-10-13-2-4-14(5-3-13)18-6-1-7-19(9-8-18)15-11-17-12-15/h2-5,15,17H,1,6-9,11-12H2. The van der Waals surface area contributed by atoms with Crippen LogP contribution in [0.1, 0.15) is 12.0 Å². The van der Waals surface area contributed by atoms with Gasteiger partial charge in [0.25, 0.3) is 0 Å². The van der Waals surface area contributed by atoms with Gasteiger partial charge in [-0.15, -0.1) is 0 Å². The van der Waals surface area contributed by atoms with E-state index in [-0.39, 0.29) is 0 Å². The van der Waals surface area contributed by atoms with Crippen molar-refractivity contribution in [3.8, 4) is 6.07 Å². The minimum atomic E-state index is 0.737. The van der Waals surface area contributed by atoms with Crippen LogP contribution in [-0.4, -0.2) is 50.2 Å². The Morgan fingerprint density at radius 2 is 1.84 bits per heavy atom. The summed E-state index contributed by atoms with van der Waals surface area (Å²) >= 11 is 0. The van der Waals surface area contributed by atoms with Crippen molar-refractivity contribution in [1.82, 2.24) is 10.2 Å². The van der Waals surface area contributed by atoms with E-state index in [9.17, 15) is 0 Å².